The van der Waals surface area contributed by atoms with E-state index in [0.29, 0.717) is 6.54 Å². The highest BCUT2D eigenvalue weighted by Crippen LogP contribution is 2.19. The molecule has 0 aliphatic carbocycles. The highest BCUT2D eigenvalue weighted by Gasteiger charge is 2.13. The maximum absolute atomic E-state index is 12.0. The Morgan fingerprint density at radius 3 is 2.76 bits per heavy atom. The molecule has 25 heavy (non-hydrogen) atoms. The molecule has 3 rings (SSSR count). The summed E-state index contributed by atoms with van der Waals surface area (Å²) in [5, 5.41) is 2.91. The fourth-order valence-electron chi connectivity index (χ4n) is 3.05. The summed E-state index contributed by atoms with van der Waals surface area (Å²) in [5.74, 6) is 1.62. The van der Waals surface area contributed by atoms with Gasteiger partial charge in [0.2, 0.25) is 0 Å². The van der Waals surface area contributed by atoms with E-state index in [2.05, 4.69) is 21.3 Å². The molecule has 1 aromatic heterocycles. The largest absolute Gasteiger partial charge is 0.484 e. The number of ether oxygens (including phenoxy) is 1. The van der Waals surface area contributed by atoms with Crippen LogP contribution in [0.3, 0.4) is 0 Å². The fourth-order valence-corrected chi connectivity index (χ4v) is 3.05. The van der Waals surface area contributed by atoms with Gasteiger partial charge in [-0.15, -0.1) is 0 Å². The van der Waals surface area contributed by atoms with E-state index in [0.717, 1.165) is 35.8 Å². The Labute approximate surface area is 149 Å². The summed E-state index contributed by atoms with van der Waals surface area (Å²) in [4.78, 5) is 18.8. The van der Waals surface area contributed by atoms with E-state index in [4.69, 9.17) is 4.74 Å². The third-order valence-corrected chi connectivity index (χ3v) is 4.42. The quantitative estimate of drug-likeness (QED) is 0.879. The number of aromatic nitrogens is 1. The molecule has 1 fully saturated rings. The normalized spacial score (nSPS) is 13.8. The van der Waals surface area contributed by atoms with Crippen molar-refractivity contribution in [3.63, 3.8) is 0 Å². The van der Waals surface area contributed by atoms with E-state index in [1.165, 1.54) is 18.4 Å². The van der Waals surface area contributed by atoms with Gasteiger partial charge >= 0.3 is 0 Å². The number of rotatable bonds is 6. The predicted molar refractivity (Wildman–Crippen MR) is 98.9 cm³/mol. The summed E-state index contributed by atoms with van der Waals surface area (Å²) in [7, 11) is 0. The number of amides is 1. The van der Waals surface area contributed by atoms with Crippen LogP contribution in [0, 0.1) is 13.8 Å². The molecule has 1 aliphatic heterocycles. The summed E-state index contributed by atoms with van der Waals surface area (Å²) >= 11 is 0. The van der Waals surface area contributed by atoms with Crippen molar-refractivity contribution in [2.45, 2.75) is 33.2 Å². The number of anilines is 1. The molecule has 0 unspecified atom stereocenters. The molecule has 2 heterocycles. The van der Waals surface area contributed by atoms with Crippen LogP contribution in [0.4, 0.5) is 5.82 Å². The Hall–Kier alpha value is -2.56. The van der Waals surface area contributed by atoms with Crippen molar-refractivity contribution in [2.75, 3.05) is 24.6 Å². The molecule has 1 aromatic carbocycles. The van der Waals surface area contributed by atoms with Crippen molar-refractivity contribution < 1.29 is 9.53 Å². The molecule has 132 valence electrons. The van der Waals surface area contributed by atoms with E-state index in [9.17, 15) is 4.79 Å². The fraction of sp³-hybridized carbons (Fsp3) is 0.400. The number of hydrogen-bond acceptors (Lipinski definition) is 4. The Morgan fingerprint density at radius 2 is 2.00 bits per heavy atom. The summed E-state index contributed by atoms with van der Waals surface area (Å²) < 4.78 is 5.61. The van der Waals surface area contributed by atoms with Gasteiger partial charge in [-0.3, -0.25) is 4.79 Å². The molecular formula is C20H25N3O2. The number of benzene rings is 1. The smallest absolute Gasteiger partial charge is 0.258 e. The molecule has 5 nitrogen and oxygen atoms in total. The molecule has 1 N–H and O–H groups in total. The second-order valence-electron chi connectivity index (χ2n) is 6.55. The van der Waals surface area contributed by atoms with E-state index in [-0.39, 0.29) is 12.5 Å². The highest BCUT2D eigenvalue weighted by molar-refractivity contribution is 5.77. The zero-order chi connectivity index (χ0) is 17.6. The minimum absolute atomic E-state index is 0.0218. The maximum atomic E-state index is 12.0. The molecular weight excluding hydrogens is 314 g/mol. The monoisotopic (exact) mass is 339 g/mol. The summed E-state index contributed by atoms with van der Waals surface area (Å²) in [6.45, 7) is 6.65. The molecule has 0 saturated carbocycles. The average Bonchev–Trinajstić information content (AvgIpc) is 3.14. The Kier molecular flexibility index (Phi) is 5.53. The van der Waals surface area contributed by atoms with E-state index >= 15 is 0 Å². The lowest BCUT2D eigenvalue weighted by atomic mass is 10.1. The van der Waals surface area contributed by atoms with Gasteiger partial charge in [-0.1, -0.05) is 17.7 Å². The van der Waals surface area contributed by atoms with Crippen molar-refractivity contribution >= 4 is 11.7 Å². The number of carbonyl (C=O) groups is 1. The van der Waals surface area contributed by atoms with Crippen LogP contribution >= 0.6 is 0 Å². The van der Waals surface area contributed by atoms with E-state index in [1.807, 2.05) is 38.1 Å². The van der Waals surface area contributed by atoms with Crippen LogP contribution in [-0.4, -0.2) is 30.6 Å². The average molecular weight is 339 g/mol. The van der Waals surface area contributed by atoms with Gasteiger partial charge in [-0.2, -0.15) is 0 Å². The van der Waals surface area contributed by atoms with Crippen LogP contribution in [0.5, 0.6) is 5.75 Å². The molecule has 5 heteroatoms. The van der Waals surface area contributed by atoms with Crippen LogP contribution in [-0.2, 0) is 11.3 Å². The van der Waals surface area contributed by atoms with Crippen LogP contribution in [0.2, 0.25) is 0 Å². The van der Waals surface area contributed by atoms with Crippen molar-refractivity contribution in [1.82, 2.24) is 10.3 Å². The molecule has 1 amide bonds. The number of nitrogens with zero attached hydrogens (tertiary/aromatic N) is 2. The topological polar surface area (TPSA) is 54.5 Å². The van der Waals surface area contributed by atoms with Gasteiger partial charge in [0, 0.05) is 25.8 Å². The third-order valence-electron chi connectivity index (χ3n) is 4.42. The zero-order valence-electron chi connectivity index (χ0n) is 14.9. The number of pyridine rings is 1. The first kappa shape index (κ1) is 17.3. The Morgan fingerprint density at radius 1 is 1.20 bits per heavy atom. The van der Waals surface area contributed by atoms with Gasteiger partial charge in [-0.05, 0) is 56.0 Å². The van der Waals surface area contributed by atoms with Crippen molar-refractivity contribution in [1.29, 1.82) is 0 Å². The van der Waals surface area contributed by atoms with Crippen LogP contribution in [0.25, 0.3) is 0 Å². The van der Waals surface area contributed by atoms with Gasteiger partial charge in [-0.25, -0.2) is 4.98 Å². The summed E-state index contributed by atoms with van der Waals surface area (Å²) in [6.07, 6.45) is 4.25. The van der Waals surface area contributed by atoms with Gasteiger partial charge in [0.1, 0.15) is 11.6 Å². The lowest BCUT2D eigenvalue weighted by molar-refractivity contribution is -0.123. The summed E-state index contributed by atoms with van der Waals surface area (Å²) in [5.41, 5.74) is 3.27. The van der Waals surface area contributed by atoms with Crippen LogP contribution in [0.1, 0.15) is 29.5 Å². The molecule has 0 spiro atoms. The number of hydrogen-bond donors (Lipinski definition) is 1. The molecule has 0 radical (unpaired) electrons. The molecule has 0 bridgehead atoms. The Balaban J connectivity index is 1.49. The third kappa shape index (κ3) is 4.72. The van der Waals surface area contributed by atoms with Crippen molar-refractivity contribution in [3.8, 4) is 5.75 Å². The number of nitrogens with one attached hydrogen (secondary N) is 1. The predicted octanol–water partition coefficient (Wildman–Crippen LogP) is 2.99. The van der Waals surface area contributed by atoms with Gasteiger partial charge in [0.25, 0.3) is 5.91 Å². The first-order chi connectivity index (χ1) is 12.1. The molecule has 2 aromatic rings. The minimum atomic E-state index is -0.125. The first-order valence-electron chi connectivity index (χ1n) is 8.78. The molecule has 0 atom stereocenters. The van der Waals surface area contributed by atoms with Crippen LogP contribution in [0.15, 0.2) is 36.5 Å². The van der Waals surface area contributed by atoms with Gasteiger partial charge in [0.05, 0.1) is 0 Å². The second-order valence-corrected chi connectivity index (χ2v) is 6.55. The van der Waals surface area contributed by atoms with Crippen molar-refractivity contribution in [2.24, 2.45) is 0 Å². The standard InChI is InChI=1S/C20H25N3O2/c1-15-5-6-18(16(2)11-15)25-14-20(24)22-13-17-7-8-21-19(12-17)23-9-3-4-10-23/h5-8,11-12H,3-4,9-10,13-14H2,1-2H3,(H,22,24). The summed E-state index contributed by atoms with van der Waals surface area (Å²) in [6, 6.07) is 9.92. The molecule has 1 aliphatic rings. The second kappa shape index (κ2) is 8.01. The lowest BCUT2D eigenvalue weighted by Crippen LogP contribution is -2.28. The number of aryl methyl sites for hydroxylation is 2. The SMILES string of the molecule is Cc1ccc(OCC(=O)NCc2ccnc(N3CCCC3)c2)c(C)c1. The first-order valence-corrected chi connectivity index (χ1v) is 8.78. The van der Waals surface area contributed by atoms with E-state index < -0.39 is 0 Å². The highest BCUT2D eigenvalue weighted by atomic mass is 16.5. The van der Waals surface area contributed by atoms with E-state index in [1.54, 1.807) is 6.20 Å². The van der Waals surface area contributed by atoms with Crippen LogP contribution < -0.4 is 15.0 Å². The number of carbonyl (C=O) groups excluding carboxylic acids is 1. The zero-order valence-corrected chi connectivity index (χ0v) is 14.9. The van der Waals surface area contributed by atoms with Crippen molar-refractivity contribution in [3.05, 3.63) is 53.2 Å². The van der Waals surface area contributed by atoms with Gasteiger partial charge in [0.15, 0.2) is 6.61 Å². The lowest BCUT2D eigenvalue weighted by Gasteiger charge is -2.17. The maximum Gasteiger partial charge on any atom is 0.258 e. The molecule has 1 saturated heterocycles. The Bertz CT molecular complexity index is 739. The van der Waals surface area contributed by atoms with Gasteiger partial charge < -0.3 is 15.0 Å². The minimum Gasteiger partial charge on any atom is -0.484 e.